The molecule has 0 heterocycles. The van der Waals surface area contributed by atoms with Crippen molar-refractivity contribution >= 4 is 17.6 Å². The lowest BCUT2D eigenvalue weighted by atomic mass is 10.1. The normalized spacial score (nSPS) is 9.89. The van der Waals surface area contributed by atoms with Gasteiger partial charge in [0.25, 0.3) is 0 Å². The number of nitrogens with two attached hydrogens (primary N) is 1. The Hall–Kier alpha value is -2.04. The molecule has 1 aromatic rings. The van der Waals surface area contributed by atoms with Gasteiger partial charge in [0.15, 0.2) is 0 Å². The summed E-state index contributed by atoms with van der Waals surface area (Å²) >= 11 is 0. The molecule has 5 heteroatoms. The van der Waals surface area contributed by atoms with E-state index in [1.807, 2.05) is 30.3 Å². The number of benzene rings is 1. The molecule has 0 fully saturated rings. The van der Waals surface area contributed by atoms with Gasteiger partial charge in [0.2, 0.25) is 5.91 Å². The van der Waals surface area contributed by atoms with Crippen LogP contribution in [0.4, 0.5) is 10.5 Å². The summed E-state index contributed by atoms with van der Waals surface area (Å²) in [6.45, 7) is 0.603. The Morgan fingerprint density at radius 2 is 1.68 bits per heavy atom. The summed E-state index contributed by atoms with van der Waals surface area (Å²) in [4.78, 5) is 22.0. The number of unbranched alkanes of at least 4 members (excludes halogenated alkanes) is 3. The van der Waals surface area contributed by atoms with E-state index in [4.69, 9.17) is 5.73 Å². The number of hydrogen-bond donors (Lipinski definition) is 3. The number of urea groups is 1. The molecule has 1 aromatic carbocycles. The highest BCUT2D eigenvalue weighted by atomic mass is 16.2. The van der Waals surface area contributed by atoms with Gasteiger partial charge in [0.05, 0.1) is 0 Å². The molecule has 0 saturated heterocycles. The number of carbonyl (C=O) groups excluding carboxylic acids is 2. The zero-order valence-electron chi connectivity index (χ0n) is 11.0. The fourth-order valence-electron chi connectivity index (χ4n) is 1.72. The highest BCUT2D eigenvalue weighted by Gasteiger charge is 2.01. The van der Waals surface area contributed by atoms with Gasteiger partial charge in [-0.25, -0.2) is 4.79 Å². The van der Waals surface area contributed by atoms with Gasteiger partial charge in [0, 0.05) is 18.7 Å². The Morgan fingerprint density at radius 1 is 1.00 bits per heavy atom. The minimum absolute atomic E-state index is 0.0430. The molecule has 0 radical (unpaired) electrons. The molecule has 0 aliphatic carbocycles. The van der Waals surface area contributed by atoms with Crippen molar-refractivity contribution < 1.29 is 9.59 Å². The Labute approximate surface area is 113 Å². The second kappa shape index (κ2) is 8.97. The number of para-hydroxylation sites is 1. The first-order valence-electron chi connectivity index (χ1n) is 6.56. The molecule has 0 aromatic heterocycles. The van der Waals surface area contributed by atoms with Crippen LogP contribution < -0.4 is 16.4 Å². The Kier molecular flexibility index (Phi) is 7.09. The van der Waals surface area contributed by atoms with E-state index in [2.05, 4.69) is 10.6 Å². The van der Waals surface area contributed by atoms with Gasteiger partial charge >= 0.3 is 6.03 Å². The molecule has 5 nitrogen and oxygen atoms in total. The lowest BCUT2D eigenvalue weighted by Crippen LogP contribution is -2.29. The average molecular weight is 263 g/mol. The van der Waals surface area contributed by atoms with Gasteiger partial charge in [-0.15, -0.1) is 0 Å². The van der Waals surface area contributed by atoms with E-state index in [9.17, 15) is 9.59 Å². The van der Waals surface area contributed by atoms with Crippen LogP contribution in [0.25, 0.3) is 0 Å². The van der Waals surface area contributed by atoms with Crippen LogP contribution in [0, 0.1) is 0 Å². The Bertz CT molecular complexity index is 393. The first kappa shape index (κ1) is 15.0. The fraction of sp³-hybridized carbons (Fsp3) is 0.429. The van der Waals surface area contributed by atoms with Crippen molar-refractivity contribution in [2.24, 2.45) is 5.73 Å². The number of nitrogens with one attached hydrogen (secondary N) is 2. The molecule has 19 heavy (non-hydrogen) atoms. The predicted octanol–water partition coefficient (Wildman–Crippen LogP) is 2.24. The third kappa shape index (κ3) is 7.81. The summed E-state index contributed by atoms with van der Waals surface area (Å²) in [6, 6.07) is 8.95. The average Bonchev–Trinajstić information content (AvgIpc) is 2.38. The number of anilines is 1. The van der Waals surface area contributed by atoms with Crippen LogP contribution in [0.2, 0.25) is 0 Å². The van der Waals surface area contributed by atoms with Crippen molar-refractivity contribution in [2.75, 3.05) is 11.9 Å². The Balaban J connectivity index is 2.00. The standard InChI is InChI=1S/C14H21N3O2/c15-14(19)16-11-7-2-1-6-10-13(18)17-12-8-4-3-5-9-12/h3-5,8-9H,1-2,6-7,10-11H2,(H,17,18)(H3,15,16,19). The summed E-state index contributed by atoms with van der Waals surface area (Å²) in [5.41, 5.74) is 5.78. The lowest BCUT2D eigenvalue weighted by molar-refractivity contribution is -0.116. The monoisotopic (exact) mass is 263 g/mol. The van der Waals surface area contributed by atoms with Gasteiger partial charge in [-0.1, -0.05) is 31.0 Å². The quantitative estimate of drug-likeness (QED) is 0.628. The SMILES string of the molecule is NC(=O)NCCCCCCC(=O)Nc1ccccc1. The van der Waals surface area contributed by atoms with Gasteiger partial charge in [0.1, 0.15) is 0 Å². The minimum atomic E-state index is -0.484. The van der Waals surface area contributed by atoms with E-state index in [0.29, 0.717) is 13.0 Å². The van der Waals surface area contributed by atoms with Crippen molar-refractivity contribution in [2.45, 2.75) is 32.1 Å². The predicted molar refractivity (Wildman–Crippen MR) is 75.7 cm³/mol. The summed E-state index contributed by atoms with van der Waals surface area (Å²) in [6.07, 6.45) is 4.23. The van der Waals surface area contributed by atoms with Crippen LogP contribution in [0.5, 0.6) is 0 Å². The van der Waals surface area contributed by atoms with Crippen LogP contribution in [0.3, 0.4) is 0 Å². The van der Waals surface area contributed by atoms with Gasteiger partial charge in [-0.3, -0.25) is 4.79 Å². The molecule has 3 amide bonds. The van der Waals surface area contributed by atoms with E-state index >= 15 is 0 Å². The molecule has 0 unspecified atom stereocenters. The molecule has 0 bridgehead atoms. The maximum atomic E-state index is 11.6. The van der Waals surface area contributed by atoms with Gasteiger partial charge < -0.3 is 16.4 Å². The topological polar surface area (TPSA) is 84.2 Å². The fourth-order valence-corrected chi connectivity index (χ4v) is 1.72. The van der Waals surface area contributed by atoms with Crippen LogP contribution in [0.15, 0.2) is 30.3 Å². The highest BCUT2D eigenvalue weighted by molar-refractivity contribution is 5.90. The summed E-state index contributed by atoms with van der Waals surface area (Å²) in [7, 11) is 0. The zero-order valence-corrected chi connectivity index (χ0v) is 11.0. The number of amides is 3. The minimum Gasteiger partial charge on any atom is -0.352 e. The van der Waals surface area contributed by atoms with Gasteiger partial charge in [-0.2, -0.15) is 0 Å². The highest BCUT2D eigenvalue weighted by Crippen LogP contribution is 2.08. The first-order valence-corrected chi connectivity index (χ1v) is 6.56. The third-order valence-corrected chi connectivity index (χ3v) is 2.69. The van der Waals surface area contributed by atoms with E-state index < -0.39 is 6.03 Å². The third-order valence-electron chi connectivity index (χ3n) is 2.69. The summed E-state index contributed by atoms with van der Waals surface area (Å²) in [5.74, 6) is 0.0430. The van der Waals surface area contributed by atoms with Crippen molar-refractivity contribution in [1.29, 1.82) is 0 Å². The molecular formula is C14H21N3O2. The molecule has 0 saturated carbocycles. The second-order valence-electron chi connectivity index (χ2n) is 4.37. The maximum absolute atomic E-state index is 11.6. The maximum Gasteiger partial charge on any atom is 0.312 e. The second-order valence-corrected chi connectivity index (χ2v) is 4.37. The van der Waals surface area contributed by atoms with Crippen LogP contribution in [0.1, 0.15) is 32.1 Å². The largest absolute Gasteiger partial charge is 0.352 e. The van der Waals surface area contributed by atoms with Crippen molar-refractivity contribution in [3.8, 4) is 0 Å². The van der Waals surface area contributed by atoms with Gasteiger partial charge in [-0.05, 0) is 25.0 Å². The number of hydrogen-bond acceptors (Lipinski definition) is 2. The van der Waals surface area contributed by atoms with E-state index in [0.717, 1.165) is 31.4 Å². The zero-order chi connectivity index (χ0) is 13.9. The number of rotatable bonds is 8. The molecule has 0 spiro atoms. The number of primary amides is 1. The van der Waals surface area contributed by atoms with E-state index in [-0.39, 0.29) is 5.91 Å². The first-order chi connectivity index (χ1) is 9.18. The smallest absolute Gasteiger partial charge is 0.312 e. The molecule has 4 N–H and O–H groups in total. The summed E-state index contributed by atoms with van der Waals surface area (Å²) in [5, 5.41) is 5.38. The molecule has 1 rings (SSSR count). The van der Waals surface area contributed by atoms with E-state index in [1.165, 1.54) is 0 Å². The van der Waals surface area contributed by atoms with Crippen LogP contribution in [-0.2, 0) is 4.79 Å². The van der Waals surface area contributed by atoms with Crippen molar-refractivity contribution in [3.63, 3.8) is 0 Å². The molecule has 104 valence electrons. The molecule has 0 atom stereocenters. The molecule has 0 aliphatic rings. The van der Waals surface area contributed by atoms with Crippen molar-refractivity contribution in [1.82, 2.24) is 5.32 Å². The summed E-state index contributed by atoms with van der Waals surface area (Å²) < 4.78 is 0. The Morgan fingerprint density at radius 3 is 2.37 bits per heavy atom. The van der Waals surface area contributed by atoms with Crippen molar-refractivity contribution in [3.05, 3.63) is 30.3 Å². The van der Waals surface area contributed by atoms with Crippen LogP contribution in [-0.4, -0.2) is 18.5 Å². The lowest BCUT2D eigenvalue weighted by Gasteiger charge is -2.05. The van der Waals surface area contributed by atoms with E-state index in [1.54, 1.807) is 0 Å². The molecule has 0 aliphatic heterocycles. The van der Waals surface area contributed by atoms with Crippen LogP contribution >= 0.6 is 0 Å². The molecular weight excluding hydrogens is 242 g/mol. The number of carbonyl (C=O) groups is 2.